The Kier molecular flexibility index (Phi) is 7.34. The largest absolute Gasteiger partial charge is 0.383 e. The summed E-state index contributed by atoms with van der Waals surface area (Å²) in [4.78, 5) is 23.0. The van der Waals surface area contributed by atoms with Crippen molar-refractivity contribution in [1.82, 2.24) is 10.6 Å². The number of hydrogen-bond acceptors (Lipinski definition) is 4. The second kappa shape index (κ2) is 9.04. The van der Waals surface area contributed by atoms with Crippen LogP contribution < -0.4 is 10.6 Å². The minimum atomic E-state index is -0.774. The first-order chi connectivity index (χ1) is 10.1. The normalized spacial score (nSPS) is 11.8. The highest BCUT2D eigenvalue weighted by atomic mass is 19.1. The zero-order valence-corrected chi connectivity index (χ0v) is 12.0. The van der Waals surface area contributed by atoms with Crippen LogP contribution in [-0.2, 0) is 19.1 Å². The van der Waals surface area contributed by atoms with Crippen LogP contribution in [0.1, 0.15) is 11.7 Å². The highest BCUT2D eigenvalue weighted by molar-refractivity contribution is 6.35. The van der Waals surface area contributed by atoms with Gasteiger partial charge in [0.2, 0.25) is 0 Å². The maximum absolute atomic E-state index is 13.1. The van der Waals surface area contributed by atoms with E-state index in [-0.39, 0.29) is 13.1 Å². The molecule has 1 rings (SSSR count). The Hall–Kier alpha value is -1.99. The minimum Gasteiger partial charge on any atom is -0.383 e. The molecule has 0 aliphatic carbocycles. The van der Waals surface area contributed by atoms with Crippen LogP contribution in [0, 0.1) is 5.82 Å². The van der Waals surface area contributed by atoms with E-state index in [1.54, 1.807) is 12.1 Å². The number of ether oxygens (including phenoxy) is 2. The molecule has 0 aliphatic rings. The third-order valence-electron chi connectivity index (χ3n) is 2.75. The van der Waals surface area contributed by atoms with Crippen LogP contribution in [0.2, 0.25) is 0 Å². The van der Waals surface area contributed by atoms with Crippen molar-refractivity contribution in [2.24, 2.45) is 0 Å². The SMILES string of the molecule is COCCNC(=O)C(=O)NCC(OC)c1cccc(F)c1. The van der Waals surface area contributed by atoms with E-state index in [0.717, 1.165) is 0 Å². The van der Waals surface area contributed by atoms with Crippen LogP contribution in [0.4, 0.5) is 4.39 Å². The molecule has 21 heavy (non-hydrogen) atoms. The highest BCUT2D eigenvalue weighted by Gasteiger charge is 2.16. The maximum Gasteiger partial charge on any atom is 0.309 e. The third kappa shape index (κ3) is 5.88. The maximum atomic E-state index is 13.1. The van der Waals surface area contributed by atoms with Gasteiger partial charge in [-0.15, -0.1) is 0 Å². The molecule has 0 saturated carbocycles. The van der Waals surface area contributed by atoms with Crippen LogP contribution in [0.25, 0.3) is 0 Å². The van der Waals surface area contributed by atoms with E-state index in [4.69, 9.17) is 9.47 Å². The Morgan fingerprint density at radius 3 is 2.57 bits per heavy atom. The molecule has 0 heterocycles. The molecule has 0 bridgehead atoms. The highest BCUT2D eigenvalue weighted by Crippen LogP contribution is 2.16. The van der Waals surface area contributed by atoms with Gasteiger partial charge in [0.05, 0.1) is 12.7 Å². The zero-order valence-electron chi connectivity index (χ0n) is 12.0. The van der Waals surface area contributed by atoms with Crippen molar-refractivity contribution in [3.05, 3.63) is 35.6 Å². The summed E-state index contributed by atoms with van der Waals surface area (Å²) in [5.74, 6) is -1.91. The van der Waals surface area contributed by atoms with Crippen molar-refractivity contribution >= 4 is 11.8 Å². The molecule has 116 valence electrons. The second-order valence-electron chi connectivity index (χ2n) is 4.24. The Labute approximate surface area is 122 Å². The smallest absolute Gasteiger partial charge is 0.309 e. The van der Waals surface area contributed by atoms with Gasteiger partial charge in [-0.25, -0.2) is 4.39 Å². The summed E-state index contributed by atoms with van der Waals surface area (Å²) in [6, 6.07) is 5.87. The zero-order chi connectivity index (χ0) is 15.7. The monoisotopic (exact) mass is 298 g/mol. The molecule has 0 aliphatic heterocycles. The van der Waals surface area contributed by atoms with Gasteiger partial charge < -0.3 is 20.1 Å². The van der Waals surface area contributed by atoms with Gasteiger partial charge in [0, 0.05) is 27.3 Å². The third-order valence-corrected chi connectivity index (χ3v) is 2.75. The van der Waals surface area contributed by atoms with Gasteiger partial charge >= 0.3 is 11.8 Å². The van der Waals surface area contributed by atoms with E-state index in [1.165, 1.54) is 26.4 Å². The molecule has 6 nitrogen and oxygen atoms in total. The summed E-state index contributed by atoms with van der Waals surface area (Å²) in [6.07, 6.45) is -0.531. The summed E-state index contributed by atoms with van der Waals surface area (Å²) < 4.78 is 23.1. The summed E-state index contributed by atoms with van der Waals surface area (Å²) in [7, 11) is 2.94. The Bertz CT molecular complexity index is 482. The molecule has 2 N–H and O–H groups in total. The van der Waals surface area contributed by atoms with Gasteiger partial charge in [-0.2, -0.15) is 0 Å². The number of hydrogen-bond donors (Lipinski definition) is 2. The van der Waals surface area contributed by atoms with E-state index in [2.05, 4.69) is 10.6 Å². The first kappa shape index (κ1) is 17.1. The van der Waals surface area contributed by atoms with Crippen molar-refractivity contribution in [2.45, 2.75) is 6.10 Å². The van der Waals surface area contributed by atoms with E-state index in [1.807, 2.05) is 0 Å². The molecule has 0 saturated heterocycles. The molecule has 1 aromatic rings. The van der Waals surface area contributed by atoms with Gasteiger partial charge in [0.15, 0.2) is 0 Å². The van der Waals surface area contributed by atoms with Crippen LogP contribution in [-0.4, -0.2) is 45.7 Å². The second-order valence-corrected chi connectivity index (χ2v) is 4.24. The van der Waals surface area contributed by atoms with Crippen LogP contribution in [0.3, 0.4) is 0 Å². The standard InChI is InChI=1S/C14H19FN2O4/c1-20-7-6-16-13(18)14(19)17-9-12(21-2)10-4-3-5-11(15)8-10/h3-5,8,12H,6-7,9H2,1-2H3,(H,16,18)(H,17,19). The molecule has 0 fully saturated rings. The lowest BCUT2D eigenvalue weighted by molar-refractivity contribution is -0.139. The topological polar surface area (TPSA) is 76.7 Å². The molecule has 0 radical (unpaired) electrons. The van der Waals surface area contributed by atoms with E-state index >= 15 is 0 Å². The van der Waals surface area contributed by atoms with E-state index < -0.39 is 23.7 Å². The summed E-state index contributed by atoms with van der Waals surface area (Å²) in [5.41, 5.74) is 0.581. The number of rotatable bonds is 7. The number of amides is 2. The molecule has 0 spiro atoms. The lowest BCUT2D eigenvalue weighted by Gasteiger charge is -2.16. The number of carbonyl (C=O) groups excluding carboxylic acids is 2. The number of benzene rings is 1. The number of methoxy groups -OCH3 is 2. The molecule has 1 unspecified atom stereocenters. The molecule has 1 atom stereocenters. The predicted octanol–water partition coefficient (Wildman–Crippen LogP) is 0.392. The minimum absolute atomic E-state index is 0.0660. The fourth-order valence-corrected chi connectivity index (χ4v) is 1.66. The van der Waals surface area contributed by atoms with Crippen LogP contribution >= 0.6 is 0 Å². The van der Waals surface area contributed by atoms with Crippen molar-refractivity contribution < 1.29 is 23.5 Å². The first-order valence-electron chi connectivity index (χ1n) is 6.41. The van der Waals surface area contributed by atoms with Gasteiger partial charge in [-0.05, 0) is 17.7 Å². The molecule has 7 heteroatoms. The predicted molar refractivity (Wildman–Crippen MR) is 74.0 cm³/mol. The Balaban J connectivity index is 2.48. The molecule has 0 aromatic heterocycles. The fourth-order valence-electron chi connectivity index (χ4n) is 1.66. The van der Waals surface area contributed by atoms with Crippen molar-refractivity contribution in [2.75, 3.05) is 33.9 Å². The molecule has 2 amide bonds. The number of halogens is 1. The van der Waals surface area contributed by atoms with E-state index in [9.17, 15) is 14.0 Å². The van der Waals surface area contributed by atoms with Gasteiger partial charge in [-0.3, -0.25) is 9.59 Å². The lowest BCUT2D eigenvalue weighted by atomic mass is 10.1. The summed E-state index contributed by atoms with van der Waals surface area (Å²) in [6.45, 7) is 0.639. The average molecular weight is 298 g/mol. The number of nitrogens with one attached hydrogen (secondary N) is 2. The Morgan fingerprint density at radius 1 is 1.24 bits per heavy atom. The van der Waals surface area contributed by atoms with Crippen molar-refractivity contribution in [3.63, 3.8) is 0 Å². The van der Waals surface area contributed by atoms with Gasteiger partial charge in [-0.1, -0.05) is 12.1 Å². The fraction of sp³-hybridized carbons (Fsp3) is 0.429. The Morgan fingerprint density at radius 2 is 1.95 bits per heavy atom. The molecule has 1 aromatic carbocycles. The molecular weight excluding hydrogens is 279 g/mol. The lowest BCUT2D eigenvalue weighted by Crippen LogP contribution is -2.42. The summed E-state index contributed by atoms with van der Waals surface area (Å²) in [5, 5.41) is 4.84. The van der Waals surface area contributed by atoms with E-state index in [0.29, 0.717) is 12.2 Å². The van der Waals surface area contributed by atoms with Crippen molar-refractivity contribution in [1.29, 1.82) is 0 Å². The number of carbonyl (C=O) groups is 2. The average Bonchev–Trinajstić information content (AvgIpc) is 2.48. The van der Waals surface area contributed by atoms with Crippen LogP contribution in [0.15, 0.2) is 24.3 Å². The quantitative estimate of drug-likeness (QED) is 0.564. The summed E-state index contributed by atoms with van der Waals surface area (Å²) >= 11 is 0. The first-order valence-corrected chi connectivity index (χ1v) is 6.41. The molecular formula is C14H19FN2O4. The van der Waals surface area contributed by atoms with Gasteiger partial charge in [0.25, 0.3) is 0 Å². The van der Waals surface area contributed by atoms with Crippen molar-refractivity contribution in [3.8, 4) is 0 Å². The van der Waals surface area contributed by atoms with Crippen LogP contribution in [0.5, 0.6) is 0 Å². The van der Waals surface area contributed by atoms with Gasteiger partial charge in [0.1, 0.15) is 5.82 Å².